The van der Waals surface area contributed by atoms with Gasteiger partial charge in [0.2, 0.25) is 0 Å². The number of phenolic OH excluding ortho intramolecular Hbond substituents is 1. The van der Waals surface area contributed by atoms with Crippen LogP contribution in [0.2, 0.25) is 0 Å². The van der Waals surface area contributed by atoms with Crippen LogP contribution in [-0.4, -0.2) is 22.0 Å². The molecule has 2 aromatic carbocycles. The van der Waals surface area contributed by atoms with Crippen LogP contribution in [0.25, 0.3) is 0 Å². The van der Waals surface area contributed by atoms with Crippen LogP contribution < -0.4 is 5.32 Å². The van der Waals surface area contributed by atoms with Crippen molar-refractivity contribution in [2.45, 2.75) is 26.3 Å². The summed E-state index contributed by atoms with van der Waals surface area (Å²) in [5, 5.41) is 22.9. The second-order valence-electron chi connectivity index (χ2n) is 5.50. The van der Waals surface area contributed by atoms with Crippen molar-refractivity contribution in [1.29, 1.82) is 0 Å². The van der Waals surface area contributed by atoms with E-state index in [1.807, 2.05) is 6.92 Å². The molecule has 0 heterocycles. The number of non-ortho nitro benzene ring substituents is 1. The third-order valence-corrected chi connectivity index (χ3v) is 3.52. The van der Waals surface area contributed by atoms with Crippen molar-refractivity contribution < 1.29 is 14.8 Å². The van der Waals surface area contributed by atoms with Crippen LogP contribution in [-0.2, 0) is 6.42 Å². The molecule has 120 valence electrons. The molecular formula is C17H18N2O4. The van der Waals surface area contributed by atoms with Crippen molar-refractivity contribution in [2.75, 3.05) is 0 Å². The Balaban J connectivity index is 2.03. The van der Waals surface area contributed by atoms with Crippen LogP contribution in [0.3, 0.4) is 0 Å². The van der Waals surface area contributed by atoms with Crippen molar-refractivity contribution in [3.63, 3.8) is 0 Å². The Morgan fingerprint density at radius 3 is 2.48 bits per heavy atom. The average molecular weight is 314 g/mol. The molecule has 0 aliphatic carbocycles. The number of nitro groups is 1. The number of aromatic hydroxyl groups is 1. The summed E-state index contributed by atoms with van der Waals surface area (Å²) in [5.41, 5.74) is 1.95. The van der Waals surface area contributed by atoms with Crippen LogP contribution in [0.1, 0.15) is 28.4 Å². The molecule has 2 N–H and O–H groups in total. The number of benzene rings is 2. The fraction of sp³-hybridized carbons (Fsp3) is 0.235. The number of nitrogens with one attached hydrogen (secondary N) is 1. The van der Waals surface area contributed by atoms with E-state index >= 15 is 0 Å². The zero-order valence-corrected chi connectivity index (χ0v) is 12.9. The lowest BCUT2D eigenvalue weighted by molar-refractivity contribution is -0.384. The Labute approximate surface area is 133 Å². The largest absolute Gasteiger partial charge is 0.508 e. The van der Waals surface area contributed by atoms with Gasteiger partial charge in [0.25, 0.3) is 11.6 Å². The predicted molar refractivity (Wildman–Crippen MR) is 86.6 cm³/mol. The van der Waals surface area contributed by atoms with Crippen molar-refractivity contribution in [1.82, 2.24) is 5.32 Å². The standard InChI is InChI=1S/C17H18N2O4/c1-11-9-14(19(22)23)5-8-16(11)17(21)18-12(2)10-13-3-6-15(20)7-4-13/h3-9,12,20H,10H2,1-2H3,(H,18,21)/t12-/m0/s1. The van der Waals surface area contributed by atoms with E-state index in [1.165, 1.54) is 18.2 Å². The number of amides is 1. The SMILES string of the molecule is Cc1cc([N+](=O)[O-])ccc1C(=O)N[C@@H](C)Cc1ccc(O)cc1. The molecule has 6 heteroatoms. The highest BCUT2D eigenvalue weighted by Crippen LogP contribution is 2.17. The van der Waals surface area contributed by atoms with E-state index in [4.69, 9.17) is 0 Å². The minimum absolute atomic E-state index is 0.0313. The number of phenols is 1. The number of nitro benzene ring substituents is 1. The summed E-state index contributed by atoms with van der Waals surface area (Å²) in [4.78, 5) is 22.5. The molecule has 0 saturated heterocycles. The van der Waals surface area contributed by atoms with Gasteiger partial charge in [-0.15, -0.1) is 0 Å². The molecule has 0 spiro atoms. The number of hydrogen-bond donors (Lipinski definition) is 2. The quantitative estimate of drug-likeness (QED) is 0.655. The summed E-state index contributed by atoms with van der Waals surface area (Å²) < 4.78 is 0. The molecule has 6 nitrogen and oxygen atoms in total. The zero-order valence-electron chi connectivity index (χ0n) is 12.9. The van der Waals surface area contributed by atoms with E-state index in [2.05, 4.69) is 5.32 Å². The second kappa shape index (κ2) is 6.91. The lowest BCUT2D eigenvalue weighted by atomic mass is 10.0. The van der Waals surface area contributed by atoms with Crippen molar-refractivity contribution in [3.05, 3.63) is 69.3 Å². The zero-order chi connectivity index (χ0) is 17.0. The third kappa shape index (κ3) is 4.29. The summed E-state index contributed by atoms with van der Waals surface area (Å²) in [5.74, 6) is -0.0596. The Morgan fingerprint density at radius 2 is 1.91 bits per heavy atom. The first-order valence-corrected chi connectivity index (χ1v) is 7.20. The Hall–Kier alpha value is -2.89. The van der Waals surface area contributed by atoms with Gasteiger partial charge in [0.15, 0.2) is 0 Å². The first-order valence-electron chi connectivity index (χ1n) is 7.20. The van der Waals surface area contributed by atoms with Gasteiger partial charge < -0.3 is 10.4 Å². The van der Waals surface area contributed by atoms with Crippen molar-refractivity contribution >= 4 is 11.6 Å². The van der Waals surface area contributed by atoms with Gasteiger partial charge in [-0.05, 0) is 49.6 Å². The smallest absolute Gasteiger partial charge is 0.269 e. The van der Waals surface area contributed by atoms with Crippen LogP contribution in [0.4, 0.5) is 5.69 Å². The van der Waals surface area contributed by atoms with Gasteiger partial charge in [-0.2, -0.15) is 0 Å². The maximum absolute atomic E-state index is 12.3. The monoisotopic (exact) mass is 314 g/mol. The molecular weight excluding hydrogens is 296 g/mol. The molecule has 1 amide bonds. The van der Waals surface area contributed by atoms with Gasteiger partial charge >= 0.3 is 0 Å². The number of hydrogen-bond acceptors (Lipinski definition) is 4. The Bertz CT molecular complexity index is 726. The fourth-order valence-electron chi connectivity index (χ4n) is 2.35. The minimum atomic E-state index is -0.484. The summed E-state index contributed by atoms with van der Waals surface area (Å²) in [6, 6.07) is 10.9. The molecule has 1 atom stereocenters. The average Bonchev–Trinajstić information content (AvgIpc) is 2.49. The molecule has 0 bridgehead atoms. The highest BCUT2D eigenvalue weighted by molar-refractivity contribution is 5.96. The van der Waals surface area contributed by atoms with Crippen LogP contribution in [0, 0.1) is 17.0 Å². The van der Waals surface area contributed by atoms with Gasteiger partial charge in [0, 0.05) is 23.7 Å². The highest BCUT2D eigenvalue weighted by Gasteiger charge is 2.15. The lowest BCUT2D eigenvalue weighted by Crippen LogP contribution is -2.34. The second-order valence-corrected chi connectivity index (χ2v) is 5.50. The maximum Gasteiger partial charge on any atom is 0.269 e. The predicted octanol–water partition coefficient (Wildman–Crippen LogP) is 2.97. The van der Waals surface area contributed by atoms with Gasteiger partial charge in [-0.1, -0.05) is 12.1 Å². The number of nitrogens with zero attached hydrogens (tertiary/aromatic N) is 1. The lowest BCUT2D eigenvalue weighted by Gasteiger charge is -2.15. The topological polar surface area (TPSA) is 92.5 Å². The highest BCUT2D eigenvalue weighted by atomic mass is 16.6. The van der Waals surface area contributed by atoms with E-state index in [-0.39, 0.29) is 23.4 Å². The number of aryl methyl sites for hydroxylation is 1. The molecule has 0 aromatic heterocycles. The van der Waals surface area contributed by atoms with E-state index in [0.717, 1.165) is 5.56 Å². The van der Waals surface area contributed by atoms with E-state index in [1.54, 1.807) is 31.2 Å². The number of carbonyl (C=O) groups excluding carboxylic acids is 1. The number of rotatable bonds is 5. The molecule has 0 radical (unpaired) electrons. The molecule has 0 fully saturated rings. The molecule has 0 saturated carbocycles. The first-order chi connectivity index (χ1) is 10.9. The Morgan fingerprint density at radius 1 is 1.26 bits per heavy atom. The first kappa shape index (κ1) is 16.5. The van der Waals surface area contributed by atoms with Crippen LogP contribution >= 0.6 is 0 Å². The Kier molecular flexibility index (Phi) is 4.95. The van der Waals surface area contributed by atoms with E-state index < -0.39 is 4.92 Å². The van der Waals surface area contributed by atoms with Crippen molar-refractivity contribution in [2.24, 2.45) is 0 Å². The summed E-state index contributed by atoms with van der Waals surface area (Å²) in [6.07, 6.45) is 0.623. The minimum Gasteiger partial charge on any atom is -0.508 e. The third-order valence-electron chi connectivity index (χ3n) is 3.52. The van der Waals surface area contributed by atoms with Gasteiger partial charge in [0.1, 0.15) is 5.75 Å². The molecule has 23 heavy (non-hydrogen) atoms. The number of carbonyl (C=O) groups is 1. The molecule has 0 aliphatic rings. The molecule has 0 unspecified atom stereocenters. The van der Waals surface area contributed by atoms with Gasteiger partial charge in [-0.3, -0.25) is 14.9 Å². The molecule has 0 aliphatic heterocycles. The van der Waals surface area contributed by atoms with Crippen molar-refractivity contribution in [3.8, 4) is 5.75 Å². The summed E-state index contributed by atoms with van der Waals surface area (Å²) >= 11 is 0. The van der Waals surface area contributed by atoms with Crippen LogP contribution in [0.5, 0.6) is 5.75 Å². The normalized spacial score (nSPS) is 11.7. The fourth-order valence-corrected chi connectivity index (χ4v) is 2.35. The van der Waals surface area contributed by atoms with Gasteiger partial charge in [0.05, 0.1) is 4.92 Å². The molecule has 2 aromatic rings. The van der Waals surface area contributed by atoms with E-state index in [9.17, 15) is 20.0 Å². The van der Waals surface area contributed by atoms with Gasteiger partial charge in [-0.25, -0.2) is 0 Å². The van der Waals surface area contributed by atoms with Crippen LogP contribution in [0.15, 0.2) is 42.5 Å². The summed E-state index contributed by atoms with van der Waals surface area (Å²) in [7, 11) is 0. The maximum atomic E-state index is 12.3. The van der Waals surface area contributed by atoms with E-state index in [0.29, 0.717) is 17.5 Å². The summed E-state index contributed by atoms with van der Waals surface area (Å²) in [6.45, 7) is 3.55. The molecule has 2 rings (SSSR count).